The molecule has 5 nitrogen and oxygen atoms in total. The number of para-hydroxylation sites is 1. The van der Waals surface area contributed by atoms with Crippen LogP contribution in [0.4, 0.5) is 10.1 Å². The van der Waals surface area contributed by atoms with Gasteiger partial charge in [0.1, 0.15) is 24.1 Å². The fourth-order valence-corrected chi connectivity index (χ4v) is 2.67. The van der Waals surface area contributed by atoms with Gasteiger partial charge in [0.15, 0.2) is 11.5 Å². The van der Waals surface area contributed by atoms with Gasteiger partial charge in [0, 0.05) is 5.69 Å². The highest BCUT2D eigenvalue weighted by Gasteiger charge is 2.11. The fraction of sp³-hybridized carbons (Fsp3) is 0.0833. The number of nitrogens with zero attached hydrogens (tertiary/aromatic N) is 1. The van der Waals surface area contributed by atoms with Crippen molar-refractivity contribution in [2.75, 3.05) is 12.4 Å². The van der Waals surface area contributed by atoms with Gasteiger partial charge in [0.05, 0.1) is 7.11 Å². The number of amides is 1. The molecule has 6 heteroatoms. The van der Waals surface area contributed by atoms with E-state index in [1.165, 1.54) is 25.3 Å². The summed E-state index contributed by atoms with van der Waals surface area (Å²) in [5.41, 5.74) is 1.99. The Labute approximate surface area is 174 Å². The molecule has 150 valence electrons. The summed E-state index contributed by atoms with van der Waals surface area (Å²) >= 11 is 0. The first-order valence-corrected chi connectivity index (χ1v) is 9.12. The van der Waals surface area contributed by atoms with Crippen LogP contribution in [0.25, 0.3) is 6.08 Å². The lowest BCUT2D eigenvalue weighted by Gasteiger charge is -2.12. The van der Waals surface area contributed by atoms with E-state index >= 15 is 0 Å². The number of carbonyl (C=O) groups is 1. The molecule has 0 aliphatic rings. The molecule has 1 amide bonds. The van der Waals surface area contributed by atoms with Crippen molar-refractivity contribution in [2.24, 2.45) is 0 Å². The largest absolute Gasteiger partial charge is 0.493 e. The molecule has 3 aromatic carbocycles. The van der Waals surface area contributed by atoms with Crippen molar-refractivity contribution < 1.29 is 18.7 Å². The first-order chi connectivity index (χ1) is 14.6. The molecule has 0 saturated heterocycles. The Morgan fingerprint density at radius 3 is 2.47 bits per heavy atom. The van der Waals surface area contributed by atoms with Gasteiger partial charge < -0.3 is 14.8 Å². The van der Waals surface area contributed by atoms with E-state index in [9.17, 15) is 14.4 Å². The van der Waals surface area contributed by atoms with Crippen molar-refractivity contribution in [3.05, 3.63) is 95.3 Å². The van der Waals surface area contributed by atoms with E-state index < -0.39 is 5.91 Å². The van der Waals surface area contributed by atoms with Crippen LogP contribution in [0.5, 0.6) is 11.5 Å². The Hall–Kier alpha value is -4.11. The molecule has 3 rings (SSSR count). The highest BCUT2D eigenvalue weighted by atomic mass is 19.1. The number of anilines is 1. The zero-order chi connectivity index (χ0) is 21.3. The summed E-state index contributed by atoms with van der Waals surface area (Å²) in [7, 11) is 1.50. The summed E-state index contributed by atoms with van der Waals surface area (Å²) in [4.78, 5) is 12.4. The first kappa shape index (κ1) is 20.6. The monoisotopic (exact) mass is 402 g/mol. The predicted molar refractivity (Wildman–Crippen MR) is 112 cm³/mol. The summed E-state index contributed by atoms with van der Waals surface area (Å²) in [6.45, 7) is 0.245. The molecule has 0 spiro atoms. The standard InChI is InChI=1S/C24H19FN2O3/c1-29-23-14-18(9-12-22(23)30-16-17-7-10-20(25)11-8-17)13-19(15-26)24(28)27-21-5-3-2-4-6-21/h2-14H,16H2,1H3,(H,27,28)/b19-13-. The Kier molecular flexibility index (Phi) is 6.80. The first-order valence-electron chi connectivity index (χ1n) is 9.12. The SMILES string of the molecule is COc1cc(/C=C(/C#N)C(=O)Nc2ccccc2)ccc1OCc1ccc(F)cc1. The van der Waals surface area contributed by atoms with E-state index in [1.54, 1.807) is 54.6 Å². The quantitative estimate of drug-likeness (QED) is 0.448. The number of halogens is 1. The van der Waals surface area contributed by atoms with Crippen molar-refractivity contribution in [3.8, 4) is 17.6 Å². The second kappa shape index (κ2) is 9.89. The maximum Gasteiger partial charge on any atom is 0.266 e. The third-order valence-corrected chi connectivity index (χ3v) is 4.20. The Morgan fingerprint density at radius 2 is 1.80 bits per heavy atom. The zero-order valence-electron chi connectivity index (χ0n) is 16.3. The molecule has 0 saturated carbocycles. The number of nitriles is 1. The van der Waals surface area contributed by atoms with Crippen LogP contribution in [0.3, 0.4) is 0 Å². The molecule has 0 unspecified atom stereocenters. The molecule has 1 N–H and O–H groups in total. The number of nitrogens with one attached hydrogen (secondary N) is 1. The molecule has 0 aromatic heterocycles. The number of hydrogen-bond acceptors (Lipinski definition) is 4. The molecule has 0 aliphatic heterocycles. The number of rotatable bonds is 7. The van der Waals surface area contributed by atoms with Crippen molar-refractivity contribution >= 4 is 17.7 Å². The molecule has 0 fully saturated rings. The predicted octanol–water partition coefficient (Wildman–Crippen LogP) is 4.96. The van der Waals surface area contributed by atoms with Gasteiger partial charge in [-0.05, 0) is 53.6 Å². The summed E-state index contributed by atoms with van der Waals surface area (Å²) in [6.07, 6.45) is 1.48. The maximum absolute atomic E-state index is 13.0. The molecule has 0 bridgehead atoms. The summed E-state index contributed by atoms with van der Waals surface area (Å²) < 4.78 is 24.1. The average Bonchev–Trinajstić information content (AvgIpc) is 2.78. The van der Waals surface area contributed by atoms with E-state index in [-0.39, 0.29) is 18.0 Å². The van der Waals surface area contributed by atoms with Crippen molar-refractivity contribution in [2.45, 2.75) is 6.61 Å². The van der Waals surface area contributed by atoms with Crippen molar-refractivity contribution in [1.82, 2.24) is 0 Å². The van der Waals surface area contributed by atoms with Crippen LogP contribution in [0, 0.1) is 17.1 Å². The van der Waals surface area contributed by atoms with Crippen LogP contribution < -0.4 is 14.8 Å². The van der Waals surface area contributed by atoms with Gasteiger partial charge in [-0.2, -0.15) is 5.26 Å². The fourth-order valence-electron chi connectivity index (χ4n) is 2.67. The van der Waals surface area contributed by atoms with Gasteiger partial charge in [-0.3, -0.25) is 4.79 Å². The van der Waals surface area contributed by atoms with Crippen LogP contribution in [-0.2, 0) is 11.4 Å². The van der Waals surface area contributed by atoms with Gasteiger partial charge in [0.2, 0.25) is 0 Å². The van der Waals surface area contributed by atoms with E-state index in [1.807, 2.05) is 12.1 Å². The number of carbonyl (C=O) groups excluding carboxylic acids is 1. The summed E-state index contributed by atoms with van der Waals surface area (Å²) in [5, 5.41) is 12.1. The number of ether oxygens (including phenoxy) is 2. The van der Waals surface area contributed by atoms with Gasteiger partial charge in [0.25, 0.3) is 5.91 Å². The topological polar surface area (TPSA) is 71.3 Å². The third kappa shape index (κ3) is 5.46. The van der Waals surface area contributed by atoms with Gasteiger partial charge in [-0.25, -0.2) is 4.39 Å². The minimum Gasteiger partial charge on any atom is -0.493 e. The third-order valence-electron chi connectivity index (χ3n) is 4.20. The van der Waals surface area contributed by atoms with E-state index in [2.05, 4.69) is 5.32 Å². The Morgan fingerprint density at radius 1 is 1.07 bits per heavy atom. The molecule has 0 aliphatic carbocycles. The van der Waals surface area contributed by atoms with Crippen LogP contribution >= 0.6 is 0 Å². The van der Waals surface area contributed by atoms with Gasteiger partial charge in [-0.1, -0.05) is 36.4 Å². The Balaban J connectivity index is 1.74. The van der Waals surface area contributed by atoms with Crippen LogP contribution in [-0.4, -0.2) is 13.0 Å². The molecule has 0 atom stereocenters. The molecule has 3 aromatic rings. The molecular formula is C24H19FN2O3. The number of methoxy groups -OCH3 is 1. The highest BCUT2D eigenvalue weighted by Crippen LogP contribution is 2.29. The van der Waals surface area contributed by atoms with Crippen molar-refractivity contribution in [1.29, 1.82) is 5.26 Å². The van der Waals surface area contributed by atoms with E-state index in [0.717, 1.165) is 5.56 Å². The lowest BCUT2D eigenvalue weighted by atomic mass is 10.1. The lowest BCUT2D eigenvalue weighted by Crippen LogP contribution is -2.13. The second-order valence-corrected chi connectivity index (χ2v) is 6.32. The van der Waals surface area contributed by atoms with Crippen LogP contribution in [0.2, 0.25) is 0 Å². The summed E-state index contributed by atoms with van der Waals surface area (Å²) in [6, 6.07) is 21.9. The second-order valence-electron chi connectivity index (χ2n) is 6.32. The molecule has 0 heterocycles. The lowest BCUT2D eigenvalue weighted by molar-refractivity contribution is -0.112. The Bertz CT molecular complexity index is 1090. The molecule has 30 heavy (non-hydrogen) atoms. The van der Waals surface area contributed by atoms with Crippen molar-refractivity contribution in [3.63, 3.8) is 0 Å². The highest BCUT2D eigenvalue weighted by molar-refractivity contribution is 6.09. The normalized spacial score (nSPS) is 10.8. The molecular weight excluding hydrogens is 383 g/mol. The number of benzene rings is 3. The minimum atomic E-state index is -0.501. The van der Waals surface area contributed by atoms with Gasteiger partial charge >= 0.3 is 0 Å². The average molecular weight is 402 g/mol. The maximum atomic E-state index is 13.0. The smallest absolute Gasteiger partial charge is 0.266 e. The number of hydrogen-bond donors (Lipinski definition) is 1. The zero-order valence-corrected chi connectivity index (χ0v) is 16.3. The van der Waals surface area contributed by atoms with Gasteiger partial charge in [-0.15, -0.1) is 0 Å². The van der Waals surface area contributed by atoms with Crippen LogP contribution in [0.1, 0.15) is 11.1 Å². The van der Waals surface area contributed by atoms with E-state index in [0.29, 0.717) is 22.7 Å². The summed E-state index contributed by atoms with van der Waals surface area (Å²) in [5.74, 6) is 0.134. The van der Waals surface area contributed by atoms with E-state index in [4.69, 9.17) is 9.47 Å². The molecule has 0 radical (unpaired) electrons. The minimum absolute atomic E-state index is 0.0408. The van der Waals surface area contributed by atoms with Crippen LogP contribution in [0.15, 0.2) is 78.4 Å².